The van der Waals surface area contributed by atoms with Crippen LogP contribution in [0.1, 0.15) is 50.8 Å². The van der Waals surface area contributed by atoms with Crippen molar-refractivity contribution in [1.82, 2.24) is 14.0 Å². The number of fused-ring (bicyclic) bond motifs is 3. The molecule has 3 rings (SSSR count). The molecule has 0 N–H and O–H groups in total. The quantitative estimate of drug-likeness (QED) is 0.722. The largest absolute Gasteiger partial charge is 0.281 e. The topological polar surface area (TPSA) is 39.3 Å². The SMILES string of the molecule is CC(C)c1c(C(C)C)n2c3ccccc3nc2n(C)c1=O. The van der Waals surface area contributed by atoms with Gasteiger partial charge < -0.3 is 0 Å². The molecule has 0 unspecified atom stereocenters. The van der Waals surface area contributed by atoms with E-state index < -0.39 is 0 Å². The Labute approximate surface area is 124 Å². The number of aryl methyl sites for hydroxylation is 1. The van der Waals surface area contributed by atoms with Crippen molar-refractivity contribution in [2.24, 2.45) is 7.05 Å². The van der Waals surface area contributed by atoms with Gasteiger partial charge in [0.15, 0.2) is 0 Å². The lowest BCUT2D eigenvalue weighted by Gasteiger charge is -2.19. The monoisotopic (exact) mass is 283 g/mol. The molecule has 21 heavy (non-hydrogen) atoms. The van der Waals surface area contributed by atoms with Gasteiger partial charge in [0.25, 0.3) is 5.56 Å². The molecule has 110 valence electrons. The lowest BCUT2D eigenvalue weighted by molar-refractivity contribution is 0.695. The zero-order valence-electron chi connectivity index (χ0n) is 13.2. The van der Waals surface area contributed by atoms with Crippen LogP contribution in [-0.4, -0.2) is 14.0 Å². The number of rotatable bonds is 2. The molecule has 0 fully saturated rings. The van der Waals surface area contributed by atoms with Gasteiger partial charge in [-0.05, 0) is 24.0 Å². The molecule has 0 saturated carbocycles. The van der Waals surface area contributed by atoms with Gasteiger partial charge in [-0.2, -0.15) is 0 Å². The summed E-state index contributed by atoms with van der Waals surface area (Å²) in [6, 6.07) is 8.05. The maximum atomic E-state index is 12.7. The zero-order chi connectivity index (χ0) is 15.3. The Kier molecular flexibility index (Phi) is 3.12. The second-order valence-corrected chi connectivity index (χ2v) is 6.21. The first-order valence-corrected chi connectivity index (χ1v) is 7.43. The number of imidazole rings is 1. The summed E-state index contributed by atoms with van der Waals surface area (Å²) in [7, 11) is 1.81. The highest BCUT2D eigenvalue weighted by Gasteiger charge is 2.22. The number of hydrogen-bond donors (Lipinski definition) is 0. The Hall–Kier alpha value is -2.10. The van der Waals surface area contributed by atoms with E-state index in [0.29, 0.717) is 5.78 Å². The number of hydrogen-bond acceptors (Lipinski definition) is 2. The molecule has 0 saturated heterocycles. The van der Waals surface area contributed by atoms with Gasteiger partial charge in [0.2, 0.25) is 5.78 Å². The second kappa shape index (κ2) is 4.72. The van der Waals surface area contributed by atoms with Crippen LogP contribution in [0, 0.1) is 0 Å². The summed E-state index contributed by atoms with van der Waals surface area (Å²) >= 11 is 0. The third kappa shape index (κ3) is 1.89. The van der Waals surface area contributed by atoms with E-state index in [1.807, 2.05) is 18.2 Å². The van der Waals surface area contributed by atoms with Crippen molar-refractivity contribution in [2.75, 3.05) is 0 Å². The Morgan fingerprint density at radius 2 is 1.71 bits per heavy atom. The summed E-state index contributed by atoms with van der Waals surface area (Å²) < 4.78 is 3.82. The van der Waals surface area contributed by atoms with Crippen molar-refractivity contribution in [1.29, 1.82) is 0 Å². The van der Waals surface area contributed by atoms with Crippen LogP contribution in [0.5, 0.6) is 0 Å². The molecule has 0 atom stereocenters. The maximum Gasteiger partial charge on any atom is 0.258 e. The van der Waals surface area contributed by atoms with Gasteiger partial charge in [-0.15, -0.1) is 0 Å². The number of aromatic nitrogens is 3. The van der Waals surface area contributed by atoms with Gasteiger partial charge in [-0.1, -0.05) is 39.8 Å². The minimum Gasteiger partial charge on any atom is -0.281 e. The number of benzene rings is 1. The van der Waals surface area contributed by atoms with Gasteiger partial charge in [-0.25, -0.2) is 4.98 Å². The van der Waals surface area contributed by atoms with Crippen LogP contribution in [0.2, 0.25) is 0 Å². The van der Waals surface area contributed by atoms with Crippen LogP contribution in [-0.2, 0) is 7.05 Å². The van der Waals surface area contributed by atoms with Gasteiger partial charge in [0.05, 0.1) is 11.0 Å². The average molecular weight is 283 g/mol. The molecule has 4 heteroatoms. The standard InChI is InChI=1S/C17H21N3O/c1-10(2)14-15(11(3)4)20-13-9-7-6-8-12(13)18-17(20)19(5)16(14)21/h6-11H,1-5H3. The highest BCUT2D eigenvalue weighted by atomic mass is 16.1. The molecule has 0 aliphatic heterocycles. The smallest absolute Gasteiger partial charge is 0.258 e. The van der Waals surface area contributed by atoms with E-state index >= 15 is 0 Å². The Bertz CT molecular complexity index is 884. The molecular weight excluding hydrogens is 262 g/mol. The van der Waals surface area contributed by atoms with Crippen molar-refractivity contribution in [3.05, 3.63) is 45.9 Å². The molecule has 4 nitrogen and oxygen atoms in total. The van der Waals surface area contributed by atoms with E-state index in [-0.39, 0.29) is 17.4 Å². The van der Waals surface area contributed by atoms with Crippen molar-refractivity contribution in [2.45, 2.75) is 39.5 Å². The fourth-order valence-corrected chi connectivity index (χ4v) is 3.09. The molecule has 0 spiro atoms. The van der Waals surface area contributed by atoms with Gasteiger partial charge in [0.1, 0.15) is 0 Å². The molecule has 1 aromatic carbocycles. The molecule has 2 aromatic heterocycles. The van der Waals surface area contributed by atoms with E-state index in [1.54, 1.807) is 11.6 Å². The molecule has 0 amide bonds. The summed E-state index contributed by atoms with van der Waals surface area (Å²) in [6.07, 6.45) is 0. The minimum atomic E-state index is 0.0662. The molecule has 0 aliphatic carbocycles. The van der Waals surface area contributed by atoms with Crippen molar-refractivity contribution < 1.29 is 0 Å². The number of nitrogens with zero attached hydrogens (tertiary/aromatic N) is 3. The zero-order valence-corrected chi connectivity index (χ0v) is 13.2. The highest BCUT2D eigenvalue weighted by molar-refractivity contribution is 5.80. The molecule has 2 heterocycles. The lowest BCUT2D eigenvalue weighted by atomic mass is 9.96. The van der Waals surface area contributed by atoms with Crippen LogP contribution < -0.4 is 5.56 Å². The van der Waals surface area contributed by atoms with E-state index in [2.05, 4.69) is 43.1 Å². The second-order valence-electron chi connectivity index (χ2n) is 6.21. The van der Waals surface area contributed by atoms with E-state index in [9.17, 15) is 4.79 Å². The van der Waals surface area contributed by atoms with Crippen LogP contribution >= 0.6 is 0 Å². The van der Waals surface area contributed by atoms with Gasteiger partial charge in [-0.3, -0.25) is 13.8 Å². The number of para-hydroxylation sites is 2. The summed E-state index contributed by atoms with van der Waals surface area (Å²) in [6.45, 7) is 8.42. The summed E-state index contributed by atoms with van der Waals surface area (Å²) in [5, 5.41) is 0. The highest BCUT2D eigenvalue weighted by Crippen LogP contribution is 2.27. The van der Waals surface area contributed by atoms with Crippen LogP contribution in [0.3, 0.4) is 0 Å². The van der Waals surface area contributed by atoms with Crippen LogP contribution in [0.15, 0.2) is 29.1 Å². The first kappa shape index (κ1) is 13.9. The van der Waals surface area contributed by atoms with Crippen LogP contribution in [0.25, 0.3) is 16.8 Å². The third-order valence-corrected chi connectivity index (χ3v) is 4.02. The first-order chi connectivity index (χ1) is 9.93. The van der Waals surface area contributed by atoms with Crippen molar-refractivity contribution in [3.63, 3.8) is 0 Å². The fraction of sp³-hybridized carbons (Fsp3) is 0.412. The predicted octanol–water partition coefficient (Wildman–Crippen LogP) is 3.43. The average Bonchev–Trinajstić information content (AvgIpc) is 2.81. The van der Waals surface area contributed by atoms with Crippen molar-refractivity contribution >= 4 is 16.8 Å². The van der Waals surface area contributed by atoms with Gasteiger partial charge in [0, 0.05) is 18.3 Å². The lowest BCUT2D eigenvalue weighted by Crippen LogP contribution is -2.28. The van der Waals surface area contributed by atoms with E-state index in [4.69, 9.17) is 0 Å². The molecule has 0 bridgehead atoms. The van der Waals surface area contributed by atoms with Gasteiger partial charge >= 0.3 is 0 Å². The Morgan fingerprint density at radius 3 is 2.33 bits per heavy atom. The maximum absolute atomic E-state index is 12.7. The molecule has 0 radical (unpaired) electrons. The first-order valence-electron chi connectivity index (χ1n) is 7.43. The third-order valence-electron chi connectivity index (χ3n) is 4.02. The Balaban J connectivity index is 2.65. The summed E-state index contributed by atoms with van der Waals surface area (Å²) in [5.74, 6) is 1.16. The van der Waals surface area contributed by atoms with E-state index in [0.717, 1.165) is 22.3 Å². The minimum absolute atomic E-state index is 0.0662. The van der Waals surface area contributed by atoms with E-state index in [1.165, 1.54) is 0 Å². The molecular formula is C17H21N3O. The summed E-state index contributed by atoms with van der Waals surface area (Å²) in [4.78, 5) is 17.4. The fourth-order valence-electron chi connectivity index (χ4n) is 3.09. The molecule has 3 aromatic rings. The summed E-state index contributed by atoms with van der Waals surface area (Å²) in [5.41, 5.74) is 4.03. The Morgan fingerprint density at radius 1 is 1.05 bits per heavy atom. The predicted molar refractivity (Wildman–Crippen MR) is 86.1 cm³/mol. The normalized spacial score (nSPS) is 12.1. The van der Waals surface area contributed by atoms with Crippen molar-refractivity contribution in [3.8, 4) is 0 Å². The van der Waals surface area contributed by atoms with Crippen LogP contribution in [0.4, 0.5) is 0 Å². The molecule has 0 aliphatic rings.